The smallest absolute Gasteiger partial charge is 0.191 e. The van der Waals surface area contributed by atoms with Gasteiger partial charge in [0.1, 0.15) is 0 Å². The second-order valence-electron chi connectivity index (χ2n) is 5.43. The van der Waals surface area contributed by atoms with Gasteiger partial charge >= 0.3 is 0 Å². The minimum absolute atomic E-state index is 0. The number of nitrogens with one attached hydrogen (secondary N) is 2. The Morgan fingerprint density at radius 3 is 2.96 bits per heavy atom. The van der Waals surface area contributed by atoms with Gasteiger partial charge in [0.05, 0.1) is 11.6 Å². The van der Waals surface area contributed by atoms with E-state index >= 15 is 0 Å². The van der Waals surface area contributed by atoms with E-state index in [2.05, 4.69) is 26.7 Å². The van der Waals surface area contributed by atoms with E-state index in [-0.39, 0.29) is 24.0 Å². The first-order valence-corrected chi connectivity index (χ1v) is 7.75. The van der Waals surface area contributed by atoms with E-state index < -0.39 is 0 Å². The van der Waals surface area contributed by atoms with Crippen LogP contribution in [0.4, 0.5) is 0 Å². The molecule has 1 fully saturated rings. The molecule has 0 spiro atoms. The number of para-hydroxylation sites is 1. The van der Waals surface area contributed by atoms with Crippen LogP contribution in [-0.4, -0.2) is 37.2 Å². The second-order valence-corrected chi connectivity index (χ2v) is 5.43. The zero-order chi connectivity index (χ0) is 15.2. The highest BCUT2D eigenvalue weighted by molar-refractivity contribution is 14.0. The predicted octanol–water partition coefficient (Wildman–Crippen LogP) is 2.70. The Kier molecular flexibility index (Phi) is 7.04. The third kappa shape index (κ3) is 4.78. The van der Waals surface area contributed by atoms with E-state index in [0.717, 1.165) is 37.5 Å². The number of nitrogens with zero attached hydrogens (tertiary/aromatic N) is 2. The van der Waals surface area contributed by atoms with Crippen molar-refractivity contribution in [2.24, 2.45) is 4.99 Å². The number of hydrogen-bond acceptors (Lipinski definition) is 3. The van der Waals surface area contributed by atoms with Gasteiger partial charge in [-0.25, -0.2) is 0 Å². The lowest BCUT2D eigenvalue weighted by molar-refractivity contribution is 0.114. The van der Waals surface area contributed by atoms with E-state index in [1.807, 2.05) is 30.5 Å². The fraction of sp³-hybridized carbons (Fsp3) is 0.412. The first-order valence-electron chi connectivity index (χ1n) is 7.75. The number of pyridine rings is 1. The summed E-state index contributed by atoms with van der Waals surface area (Å²) in [6.07, 6.45) is 4.43. The molecule has 1 aliphatic heterocycles. The number of halogens is 1. The maximum atomic E-state index is 5.61. The monoisotopic (exact) mass is 426 g/mol. The van der Waals surface area contributed by atoms with Crippen molar-refractivity contribution in [1.82, 2.24) is 15.6 Å². The number of guanidine groups is 1. The van der Waals surface area contributed by atoms with E-state index in [1.165, 1.54) is 10.9 Å². The number of aromatic nitrogens is 1. The van der Waals surface area contributed by atoms with E-state index in [4.69, 9.17) is 4.74 Å². The summed E-state index contributed by atoms with van der Waals surface area (Å²) in [5.74, 6) is 0.802. The molecular formula is C17H23IN4O. The maximum absolute atomic E-state index is 5.61. The summed E-state index contributed by atoms with van der Waals surface area (Å²) in [7, 11) is 1.79. The third-order valence-electron chi connectivity index (χ3n) is 3.93. The molecule has 0 saturated carbocycles. The molecule has 124 valence electrons. The highest BCUT2D eigenvalue weighted by atomic mass is 127. The summed E-state index contributed by atoms with van der Waals surface area (Å²) in [5, 5.41) is 7.86. The van der Waals surface area contributed by atoms with Crippen LogP contribution in [0.5, 0.6) is 0 Å². The lowest BCUT2D eigenvalue weighted by Crippen LogP contribution is -2.40. The van der Waals surface area contributed by atoms with E-state index in [1.54, 1.807) is 7.05 Å². The summed E-state index contributed by atoms with van der Waals surface area (Å²) < 4.78 is 5.61. The molecule has 1 aromatic carbocycles. The summed E-state index contributed by atoms with van der Waals surface area (Å²) >= 11 is 0. The summed E-state index contributed by atoms with van der Waals surface area (Å²) in [6.45, 7) is 2.40. The highest BCUT2D eigenvalue weighted by Gasteiger charge is 2.15. The van der Waals surface area contributed by atoms with Crippen LogP contribution in [0, 0.1) is 0 Å². The van der Waals surface area contributed by atoms with Crippen molar-refractivity contribution in [1.29, 1.82) is 0 Å². The van der Waals surface area contributed by atoms with Gasteiger partial charge < -0.3 is 15.4 Å². The lowest BCUT2D eigenvalue weighted by Gasteiger charge is -2.15. The molecule has 2 heterocycles. The van der Waals surface area contributed by atoms with Crippen molar-refractivity contribution in [2.75, 3.05) is 20.2 Å². The Hall–Kier alpha value is -1.41. The molecule has 23 heavy (non-hydrogen) atoms. The molecular weight excluding hydrogens is 403 g/mol. The van der Waals surface area contributed by atoms with Crippen LogP contribution in [0.15, 0.2) is 41.5 Å². The number of ether oxygens (including phenoxy) is 1. The minimum Gasteiger partial charge on any atom is -0.376 e. The molecule has 1 unspecified atom stereocenters. The molecule has 1 atom stereocenters. The number of benzene rings is 1. The first kappa shape index (κ1) is 17.9. The van der Waals surface area contributed by atoms with Gasteiger partial charge in [0, 0.05) is 38.3 Å². The van der Waals surface area contributed by atoms with Gasteiger partial charge in [0.15, 0.2) is 5.96 Å². The van der Waals surface area contributed by atoms with Crippen LogP contribution < -0.4 is 10.6 Å². The molecule has 0 aliphatic carbocycles. The molecule has 0 bridgehead atoms. The normalized spacial score (nSPS) is 17.8. The summed E-state index contributed by atoms with van der Waals surface area (Å²) in [4.78, 5) is 8.65. The van der Waals surface area contributed by atoms with E-state index in [0.29, 0.717) is 12.6 Å². The third-order valence-corrected chi connectivity index (χ3v) is 3.93. The van der Waals surface area contributed by atoms with Gasteiger partial charge in [0.25, 0.3) is 0 Å². The molecule has 5 nitrogen and oxygen atoms in total. The fourth-order valence-corrected chi connectivity index (χ4v) is 2.72. The van der Waals surface area contributed by atoms with Crippen molar-refractivity contribution in [3.63, 3.8) is 0 Å². The zero-order valence-electron chi connectivity index (χ0n) is 13.3. The number of fused-ring (bicyclic) bond motifs is 1. The van der Waals surface area contributed by atoms with Crippen molar-refractivity contribution in [3.8, 4) is 0 Å². The van der Waals surface area contributed by atoms with Gasteiger partial charge in [-0.3, -0.25) is 9.98 Å². The molecule has 2 aromatic rings. The Morgan fingerprint density at radius 2 is 2.17 bits per heavy atom. The van der Waals surface area contributed by atoms with Crippen LogP contribution in [0.1, 0.15) is 18.4 Å². The lowest BCUT2D eigenvalue weighted by atomic mass is 10.1. The molecule has 1 aromatic heterocycles. The number of rotatable bonds is 4. The molecule has 0 radical (unpaired) electrons. The Morgan fingerprint density at radius 1 is 1.30 bits per heavy atom. The molecule has 6 heteroatoms. The average molecular weight is 426 g/mol. The zero-order valence-corrected chi connectivity index (χ0v) is 15.6. The van der Waals surface area contributed by atoms with Crippen molar-refractivity contribution in [2.45, 2.75) is 25.5 Å². The molecule has 2 N–H and O–H groups in total. The Bertz CT molecular complexity index is 651. The van der Waals surface area contributed by atoms with Crippen molar-refractivity contribution in [3.05, 3.63) is 42.1 Å². The van der Waals surface area contributed by atoms with Crippen LogP contribution in [0.3, 0.4) is 0 Å². The van der Waals surface area contributed by atoms with Gasteiger partial charge in [-0.1, -0.05) is 18.2 Å². The summed E-state index contributed by atoms with van der Waals surface area (Å²) in [6, 6.07) is 10.2. The van der Waals surface area contributed by atoms with Crippen molar-refractivity contribution >= 4 is 40.8 Å². The quantitative estimate of drug-likeness (QED) is 0.449. The second kappa shape index (κ2) is 9.02. The highest BCUT2D eigenvalue weighted by Crippen LogP contribution is 2.15. The fourth-order valence-electron chi connectivity index (χ4n) is 2.72. The average Bonchev–Trinajstić information content (AvgIpc) is 3.08. The Balaban J connectivity index is 0.00000192. The molecule has 1 saturated heterocycles. The summed E-state index contributed by atoms with van der Waals surface area (Å²) in [5.41, 5.74) is 2.23. The number of aliphatic imine (C=N–C) groups is 1. The minimum atomic E-state index is 0. The SMILES string of the molecule is CN=C(NCc1ccnc2ccccc12)NCC1CCCO1.I. The predicted molar refractivity (Wildman–Crippen MR) is 104 cm³/mol. The first-order chi connectivity index (χ1) is 10.9. The van der Waals surface area contributed by atoms with Crippen LogP contribution >= 0.6 is 24.0 Å². The topological polar surface area (TPSA) is 58.5 Å². The van der Waals surface area contributed by atoms with Gasteiger partial charge in [-0.15, -0.1) is 24.0 Å². The van der Waals surface area contributed by atoms with E-state index in [9.17, 15) is 0 Å². The van der Waals surface area contributed by atoms with Crippen LogP contribution in [-0.2, 0) is 11.3 Å². The maximum Gasteiger partial charge on any atom is 0.191 e. The molecule has 0 amide bonds. The standard InChI is InChI=1S/C17H22N4O.HI/c1-18-17(21-12-14-5-4-10-22-14)20-11-13-8-9-19-16-7-3-2-6-15(13)16;/h2-3,6-9,14H,4-5,10-12H2,1H3,(H2,18,20,21);1H. The van der Waals surface area contributed by atoms with Gasteiger partial charge in [-0.2, -0.15) is 0 Å². The number of hydrogen-bond donors (Lipinski definition) is 2. The van der Waals surface area contributed by atoms with Crippen LogP contribution in [0.25, 0.3) is 10.9 Å². The van der Waals surface area contributed by atoms with Gasteiger partial charge in [0.2, 0.25) is 0 Å². The Labute approximate surface area is 153 Å². The van der Waals surface area contributed by atoms with Crippen molar-refractivity contribution < 1.29 is 4.74 Å². The molecule has 3 rings (SSSR count). The van der Waals surface area contributed by atoms with Gasteiger partial charge in [-0.05, 0) is 30.5 Å². The molecule has 1 aliphatic rings. The van der Waals surface area contributed by atoms with Crippen LogP contribution in [0.2, 0.25) is 0 Å². The largest absolute Gasteiger partial charge is 0.376 e.